The summed E-state index contributed by atoms with van der Waals surface area (Å²) >= 11 is 0. The third kappa shape index (κ3) is 17.8. The lowest BCUT2D eigenvalue weighted by molar-refractivity contribution is -0.148. The predicted octanol–water partition coefficient (Wildman–Crippen LogP) is 6.21. The van der Waals surface area contributed by atoms with Crippen LogP contribution in [0.3, 0.4) is 0 Å². The minimum Gasteiger partial charge on any atom is -0.463 e. The number of esters is 2. The number of rotatable bonds is 16. The first-order valence-electron chi connectivity index (χ1n) is 10.7. The van der Waals surface area contributed by atoms with E-state index in [1.807, 2.05) is 27.7 Å². The van der Waals surface area contributed by atoms with Crippen LogP contribution in [0.2, 0.25) is 0 Å². The van der Waals surface area contributed by atoms with Crippen molar-refractivity contribution in [2.75, 3.05) is 0 Å². The van der Waals surface area contributed by atoms with Crippen molar-refractivity contribution in [1.29, 1.82) is 0 Å². The van der Waals surface area contributed by atoms with Crippen molar-refractivity contribution in [2.45, 2.75) is 124 Å². The molecule has 1 atom stereocenters. The van der Waals surface area contributed by atoms with E-state index in [0.29, 0.717) is 18.8 Å². The molecular weight excluding hydrogens is 328 g/mol. The van der Waals surface area contributed by atoms with Gasteiger partial charge >= 0.3 is 11.9 Å². The summed E-state index contributed by atoms with van der Waals surface area (Å²) in [5.41, 5.74) is 0. The molecule has 154 valence electrons. The molecule has 0 aromatic heterocycles. The highest BCUT2D eigenvalue weighted by atomic mass is 16.5. The van der Waals surface area contributed by atoms with Crippen LogP contribution in [-0.4, -0.2) is 24.1 Å². The van der Waals surface area contributed by atoms with Gasteiger partial charge in [0.2, 0.25) is 0 Å². The van der Waals surface area contributed by atoms with E-state index in [4.69, 9.17) is 9.47 Å². The molecule has 4 heteroatoms. The van der Waals surface area contributed by atoms with E-state index in [9.17, 15) is 9.59 Å². The molecule has 26 heavy (non-hydrogen) atoms. The molecule has 0 aromatic rings. The average Bonchev–Trinajstić information content (AvgIpc) is 2.53. The maximum absolute atomic E-state index is 11.5. The van der Waals surface area contributed by atoms with Gasteiger partial charge in [0.15, 0.2) is 0 Å². The second-order valence-corrected chi connectivity index (χ2v) is 8.09. The van der Waals surface area contributed by atoms with E-state index in [1.165, 1.54) is 44.9 Å². The Morgan fingerprint density at radius 3 is 1.50 bits per heavy atom. The number of unbranched alkanes of at least 4 members (excludes halogenated alkanes) is 7. The number of ether oxygens (including phenoxy) is 2. The Balaban J connectivity index is 3.35. The van der Waals surface area contributed by atoms with Crippen molar-refractivity contribution in [2.24, 2.45) is 5.92 Å². The van der Waals surface area contributed by atoms with Gasteiger partial charge in [-0.05, 0) is 46.5 Å². The van der Waals surface area contributed by atoms with Gasteiger partial charge < -0.3 is 9.47 Å². The maximum atomic E-state index is 11.5. The Morgan fingerprint density at radius 2 is 1.00 bits per heavy atom. The molecule has 0 fully saturated rings. The van der Waals surface area contributed by atoms with Crippen LogP contribution in [0.15, 0.2) is 0 Å². The van der Waals surface area contributed by atoms with Gasteiger partial charge in [-0.15, -0.1) is 0 Å². The summed E-state index contributed by atoms with van der Waals surface area (Å²) in [6.45, 7) is 9.79. The normalized spacial score (nSPS) is 12.4. The standard InChI is InChI=1S/C22H42O4/c1-18(2)25-21(23)15-13-11-9-7-6-8-10-12-14-20(5)16-17-22(24)26-19(3)4/h18-20H,6-17H2,1-5H3. The van der Waals surface area contributed by atoms with E-state index in [1.54, 1.807) is 0 Å². The summed E-state index contributed by atoms with van der Waals surface area (Å²) in [4.78, 5) is 22.9. The topological polar surface area (TPSA) is 52.6 Å². The van der Waals surface area contributed by atoms with Gasteiger partial charge in [-0.25, -0.2) is 0 Å². The molecule has 0 heterocycles. The summed E-state index contributed by atoms with van der Waals surface area (Å²) in [5, 5.41) is 0. The third-order valence-corrected chi connectivity index (χ3v) is 4.40. The van der Waals surface area contributed by atoms with Crippen LogP contribution in [0.5, 0.6) is 0 Å². The fraction of sp³-hybridized carbons (Fsp3) is 0.909. The van der Waals surface area contributed by atoms with Crippen LogP contribution in [0.4, 0.5) is 0 Å². The maximum Gasteiger partial charge on any atom is 0.306 e. The van der Waals surface area contributed by atoms with Gasteiger partial charge in [-0.2, -0.15) is 0 Å². The fourth-order valence-electron chi connectivity index (χ4n) is 2.98. The van der Waals surface area contributed by atoms with Crippen molar-refractivity contribution in [3.05, 3.63) is 0 Å². The third-order valence-electron chi connectivity index (χ3n) is 4.40. The van der Waals surface area contributed by atoms with E-state index < -0.39 is 0 Å². The number of hydrogen-bond donors (Lipinski definition) is 0. The van der Waals surface area contributed by atoms with E-state index in [-0.39, 0.29) is 24.1 Å². The Labute approximate surface area is 161 Å². The molecule has 0 bridgehead atoms. The fourth-order valence-corrected chi connectivity index (χ4v) is 2.98. The zero-order valence-corrected chi connectivity index (χ0v) is 17.9. The van der Waals surface area contributed by atoms with Crippen LogP contribution in [0.25, 0.3) is 0 Å². The first-order chi connectivity index (χ1) is 12.3. The van der Waals surface area contributed by atoms with Gasteiger partial charge in [0.1, 0.15) is 0 Å². The zero-order valence-electron chi connectivity index (χ0n) is 17.9. The highest BCUT2D eigenvalue weighted by Gasteiger charge is 2.09. The highest BCUT2D eigenvalue weighted by molar-refractivity contribution is 5.69. The van der Waals surface area contributed by atoms with E-state index in [0.717, 1.165) is 19.3 Å². The lowest BCUT2D eigenvalue weighted by Crippen LogP contribution is -2.12. The Kier molecular flexibility index (Phi) is 15.5. The molecule has 4 nitrogen and oxygen atoms in total. The van der Waals surface area contributed by atoms with Crippen LogP contribution in [0.1, 0.15) is 112 Å². The molecule has 0 N–H and O–H groups in total. The first-order valence-corrected chi connectivity index (χ1v) is 10.7. The van der Waals surface area contributed by atoms with E-state index >= 15 is 0 Å². The molecule has 0 aliphatic rings. The summed E-state index contributed by atoms with van der Waals surface area (Å²) in [6.07, 6.45) is 12.9. The average molecular weight is 371 g/mol. The molecule has 0 saturated heterocycles. The SMILES string of the molecule is CC(CCCCCCCCCCC(=O)OC(C)C)CCC(=O)OC(C)C. The summed E-state index contributed by atoms with van der Waals surface area (Å²) in [5.74, 6) is 0.469. The summed E-state index contributed by atoms with van der Waals surface area (Å²) in [7, 11) is 0. The smallest absolute Gasteiger partial charge is 0.306 e. The molecule has 0 aliphatic heterocycles. The van der Waals surface area contributed by atoms with Gasteiger partial charge in [-0.3, -0.25) is 9.59 Å². The highest BCUT2D eigenvalue weighted by Crippen LogP contribution is 2.17. The van der Waals surface area contributed by atoms with Crippen LogP contribution < -0.4 is 0 Å². The van der Waals surface area contributed by atoms with Gasteiger partial charge in [0, 0.05) is 12.8 Å². The molecule has 0 aliphatic carbocycles. The monoisotopic (exact) mass is 370 g/mol. The van der Waals surface area contributed by atoms with Crippen molar-refractivity contribution < 1.29 is 19.1 Å². The van der Waals surface area contributed by atoms with Gasteiger partial charge in [-0.1, -0.05) is 58.3 Å². The molecule has 0 rings (SSSR count). The number of hydrogen-bond acceptors (Lipinski definition) is 4. The molecular formula is C22H42O4. The Bertz CT molecular complexity index is 363. The minimum atomic E-state index is -0.0654. The van der Waals surface area contributed by atoms with Crippen molar-refractivity contribution >= 4 is 11.9 Å². The summed E-state index contributed by atoms with van der Waals surface area (Å²) < 4.78 is 10.3. The van der Waals surface area contributed by atoms with Gasteiger partial charge in [0.25, 0.3) is 0 Å². The first kappa shape index (κ1) is 24.9. The molecule has 0 amide bonds. The Morgan fingerprint density at radius 1 is 0.577 bits per heavy atom. The lowest BCUT2D eigenvalue weighted by atomic mass is 9.97. The number of carbonyl (C=O) groups excluding carboxylic acids is 2. The predicted molar refractivity (Wildman–Crippen MR) is 107 cm³/mol. The molecule has 0 aromatic carbocycles. The van der Waals surface area contributed by atoms with Crippen molar-refractivity contribution in [1.82, 2.24) is 0 Å². The van der Waals surface area contributed by atoms with Crippen LogP contribution >= 0.6 is 0 Å². The van der Waals surface area contributed by atoms with Crippen LogP contribution in [-0.2, 0) is 19.1 Å². The lowest BCUT2D eigenvalue weighted by Gasteiger charge is -2.12. The molecule has 1 unspecified atom stereocenters. The summed E-state index contributed by atoms with van der Waals surface area (Å²) in [6, 6.07) is 0. The van der Waals surface area contributed by atoms with Crippen molar-refractivity contribution in [3.63, 3.8) is 0 Å². The molecule has 0 saturated carbocycles. The largest absolute Gasteiger partial charge is 0.463 e. The molecule has 0 radical (unpaired) electrons. The quantitative estimate of drug-likeness (QED) is 0.239. The van der Waals surface area contributed by atoms with Gasteiger partial charge in [0.05, 0.1) is 12.2 Å². The second-order valence-electron chi connectivity index (χ2n) is 8.09. The van der Waals surface area contributed by atoms with Crippen LogP contribution in [0, 0.1) is 5.92 Å². The Hall–Kier alpha value is -1.06. The zero-order chi connectivity index (χ0) is 19.8. The second kappa shape index (κ2) is 16.1. The van der Waals surface area contributed by atoms with Crippen molar-refractivity contribution in [3.8, 4) is 0 Å². The van der Waals surface area contributed by atoms with E-state index in [2.05, 4.69) is 6.92 Å². The molecule has 0 spiro atoms. The number of carbonyl (C=O) groups is 2. The minimum absolute atomic E-state index is 0.000853.